The molecule has 0 radical (unpaired) electrons. The third-order valence-electron chi connectivity index (χ3n) is 3.70. The second kappa shape index (κ2) is 4.44. The summed E-state index contributed by atoms with van der Waals surface area (Å²) in [5.41, 5.74) is 1.60. The largest absolute Gasteiger partial charge is 0.249 e. The van der Waals surface area contributed by atoms with Gasteiger partial charge in [0, 0.05) is 11.3 Å². The van der Waals surface area contributed by atoms with Crippen molar-refractivity contribution in [3.63, 3.8) is 0 Å². The summed E-state index contributed by atoms with van der Waals surface area (Å²) < 4.78 is 14.0. The second-order valence-electron chi connectivity index (χ2n) is 4.88. The highest BCUT2D eigenvalue weighted by molar-refractivity contribution is 5.78. The summed E-state index contributed by atoms with van der Waals surface area (Å²) in [6, 6.07) is 9.38. The first-order valence-corrected chi connectivity index (χ1v) is 6.40. The Labute approximate surface area is 101 Å². The van der Waals surface area contributed by atoms with Gasteiger partial charge < -0.3 is 0 Å². The minimum atomic E-state index is -0.129. The minimum Gasteiger partial charge on any atom is -0.249 e. The van der Waals surface area contributed by atoms with Crippen LogP contribution in [0.3, 0.4) is 0 Å². The molecule has 17 heavy (non-hydrogen) atoms. The first kappa shape index (κ1) is 10.7. The first-order chi connectivity index (χ1) is 8.34. The number of rotatable bonds is 1. The molecule has 0 bridgehead atoms. The lowest BCUT2D eigenvalue weighted by Gasteiger charge is -2.21. The molecular formula is C15H16FN. The Kier molecular flexibility index (Phi) is 2.79. The molecule has 1 aromatic carbocycles. The van der Waals surface area contributed by atoms with E-state index >= 15 is 0 Å². The minimum absolute atomic E-state index is 0.129. The molecule has 2 aromatic rings. The van der Waals surface area contributed by atoms with E-state index in [1.807, 2.05) is 24.3 Å². The molecule has 0 aliphatic heterocycles. The Balaban J connectivity index is 2.06. The molecule has 0 atom stereocenters. The van der Waals surface area contributed by atoms with Gasteiger partial charge in [-0.25, -0.2) is 9.37 Å². The maximum Gasteiger partial charge on any atom is 0.145 e. The van der Waals surface area contributed by atoms with Gasteiger partial charge in [-0.3, -0.25) is 0 Å². The summed E-state index contributed by atoms with van der Waals surface area (Å²) in [6.07, 6.45) is 5.87. The number of hydrogen-bond donors (Lipinski definition) is 0. The lowest BCUT2D eigenvalue weighted by molar-refractivity contribution is 0.422. The van der Waals surface area contributed by atoms with Crippen molar-refractivity contribution in [1.29, 1.82) is 0 Å². The van der Waals surface area contributed by atoms with Crippen molar-refractivity contribution in [3.8, 4) is 0 Å². The fourth-order valence-electron chi connectivity index (χ4n) is 2.77. The molecule has 3 rings (SSSR count). The number of para-hydroxylation sites is 1. The van der Waals surface area contributed by atoms with Crippen LogP contribution in [0.4, 0.5) is 4.39 Å². The summed E-state index contributed by atoms with van der Waals surface area (Å²) in [6.45, 7) is 0. The Bertz CT molecular complexity index is 529. The number of aromatic nitrogens is 1. The Morgan fingerprint density at radius 3 is 2.65 bits per heavy atom. The maximum absolute atomic E-state index is 14.0. The van der Waals surface area contributed by atoms with Crippen molar-refractivity contribution < 1.29 is 4.39 Å². The van der Waals surface area contributed by atoms with Crippen LogP contribution < -0.4 is 0 Å². The summed E-state index contributed by atoms with van der Waals surface area (Å²) in [4.78, 5) is 4.52. The Morgan fingerprint density at radius 1 is 1.06 bits per heavy atom. The number of benzene rings is 1. The zero-order valence-corrected chi connectivity index (χ0v) is 9.82. The maximum atomic E-state index is 14.0. The van der Waals surface area contributed by atoms with Gasteiger partial charge in [0.2, 0.25) is 0 Å². The normalized spacial score (nSPS) is 17.5. The fourth-order valence-corrected chi connectivity index (χ4v) is 2.77. The summed E-state index contributed by atoms with van der Waals surface area (Å²) >= 11 is 0. The van der Waals surface area contributed by atoms with E-state index in [0.717, 1.165) is 23.7 Å². The molecule has 2 heteroatoms. The van der Waals surface area contributed by atoms with Crippen LogP contribution in [0.2, 0.25) is 0 Å². The van der Waals surface area contributed by atoms with Gasteiger partial charge in [-0.15, -0.1) is 0 Å². The lowest BCUT2D eigenvalue weighted by atomic mass is 9.86. The van der Waals surface area contributed by atoms with Crippen LogP contribution in [0.5, 0.6) is 0 Å². The van der Waals surface area contributed by atoms with Crippen LogP contribution >= 0.6 is 0 Å². The smallest absolute Gasteiger partial charge is 0.145 e. The van der Waals surface area contributed by atoms with Gasteiger partial charge in [-0.1, -0.05) is 37.5 Å². The predicted octanol–water partition coefficient (Wildman–Crippen LogP) is 4.42. The molecule has 88 valence electrons. The topological polar surface area (TPSA) is 12.9 Å². The van der Waals surface area contributed by atoms with Crippen LogP contribution in [0.25, 0.3) is 10.9 Å². The van der Waals surface area contributed by atoms with Gasteiger partial charge in [0.25, 0.3) is 0 Å². The van der Waals surface area contributed by atoms with Gasteiger partial charge in [-0.05, 0) is 25.0 Å². The third kappa shape index (κ3) is 2.04. The monoisotopic (exact) mass is 229 g/mol. The highest BCUT2D eigenvalue weighted by Gasteiger charge is 2.20. The molecule has 0 N–H and O–H groups in total. The van der Waals surface area contributed by atoms with E-state index in [1.165, 1.54) is 19.3 Å². The van der Waals surface area contributed by atoms with E-state index in [2.05, 4.69) is 4.98 Å². The average Bonchev–Trinajstić information content (AvgIpc) is 2.39. The summed E-state index contributed by atoms with van der Waals surface area (Å²) in [5.74, 6) is 0.198. The predicted molar refractivity (Wildman–Crippen MR) is 67.5 cm³/mol. The SMILES string of the molecule is Fc1cc2ccccc2nc1C1CCCCC1. The highest BCUT2D eigenvalue weighted by atomic mass is 19.1. The quantitative estimate of drug-likeness (QED) is 0.705. The molecule has 1 fully saturated rings. The van der Waals surface area contributed by atoms with Crippen molar-refractivity contribution in [2.24, 2.45) is 0 Å². The fraction of sp³-hybridized carbons (Fsp3) is 0.400. The molecule has 1 saturated carbocycles. The van der Waals surface area contributed by atoms with E-state index in [1.54, 1.807) is 6.07 Å². The first-order valence-electron chi connectivity index (χ1n) is 6.40. The number of halogens is 1. The van der Waals surface area contributed by atoms with Gasteiger partial charge in [-0.2, -0.15) is 0 Å². The highest BCUT2D eigenvalue weighted by Crippen LogP contribution is 2.33. The van der Waals surface area contributed by atoms with E-state index in [9.17, 15) is 4.39 Å². The number of pyridine rings is 1. The zero-order valence-electron chi connectivity index (χ0n) is 9.82. The standard InChI is InChI=1S/C15H16FN/c16-13-10-12-8-4-5-9-14(12)17-15(13)11-6-2-1-3-7-11/h4-5,8-11H,1-3,6-7H2. The van der Waals surface area contributed by atoms with Crippen LogP contribution in [0.1, 0.15) is 43.7 Å². The molecule has 1 aromatic heterocycles. The Hall–Kier alpha value is -1.44. The van der Waals surface area contributed by atoms with Crippen LogP contribution in [-0.4, -0.2) is 4.98 Å². The molecule has 1 heterocycles. The summed E-state index contributed by atoms with van der Waals surface area (Å²) in [7, 11) is 0. The molecule has 1 aliphatic rings. The number of nitrogens with zero attached hydrogens (tertiary/aromatic N) is 1. The van der Waals surface area contributed by atoms with Crippen LogP contribution in [0, 0.1) is 5.82 Å². The number of hydrogen-bond acceptors (Lipinski definition) is 1. The van der Waals surface area contributed by atoms with Crippen molar-refractivity contribution in [2.75, 3.05) is 0 Å². The molecule has 0 saturated heterocycles. The van der Waals surface area contributed by atoms with E-state index in [0.29, 0.717) is 11.6 Å². The Morgan fingerprint density at radius 2 is 1.82 bits per heavy atom. The lowest BCUT2D eigenvalue weighted by Crippen LogP contribution is -2.09. The van der Waals surface area contributed by atoms with E-state index in [4.69, 9.17) is 0 Å². The van der Waals surface area contributed by atoms with E-state index < -0.39 is 0 Å². The van der Waals surface area contributed by atoms with Crippen molar-refractivity contribution in [3.05, 3.63) is 41.8 Å². The van der Waals surface area contributed by atoms with Crippen LogP contribution in [-0.2, 0) is 0 Å². The molecular weight excluding hydrogens is 213 g/mol. The number of fused-ring (bicyclic) bond motifs is 1. The second-order valence-corrected chi connectivity index (χ2v) is 4.88. The molecule has 1 aliphatic carbocycles. The van der Waals surface area contributed by atoms with Crippen LogP contribution in [0.15, 0.2) is 30.3 Å². The van der Waals surface area contributed by atoms with E-state index in [-0.39, 0.29) is 5.82 Å². The molecule has 0 spiro atoms. The molecule has 0 amide bonds. The summed E-state index contributed by atoms with van der Waals surface area (Å²) in [5, 5.41) is 0.893. The van der Waals surface area contributed by atoms with Gasteiger partial charge in [0.15, 0.2) is 0 Å². The third-order valence-corrected chi connectivity index (χ3v) is 3.70. The van der Waals surface area contributed by atoms with Crippen molar-refractivity contribution in [1.82, 2.24) is 4.98 Å². The average molecular weight is 229 g/mol. The zero-order chi connectivity index (χ0) is 11.7. The van der Waals surface area contributed by atoms with Gasteiger partial charge >= 0.3 is 0 Å². The molecule has 1 nitrogen and oxygen atoms in total. The molecule has 0 unspecified atom stereocenters. The van der Waals surface area contributed by atoms with Crippen molar-refractivity contribution in [2.45, 2.75) is 38.0 Å². The van der Waals surface area contributed by atoms with Gasteiger partial charge in [0.1, 0.15) is 5.82 Å². The van der Waals surface area contributed by atoms with Crippen molar-refractivity contribution >= 4 is 10.9 Å². The van der Waals surface area contributed by atoms with Gasteiger partial charge in [0.05, 0.1) is 11.2 Å².